The van der Waals surface area contributed by atoms with Crippen LogP contribution in [0.25, 0.3) is 0 Å². The standard InChI is InChI=1S/C12H22O3.Na/c1-2-3-4-5-6-7-8-11(13)9-10-12(14)15;/h9-11,13H,2-8H2,1H3,(H,14,15);/q;+1/p-1. The van der Waals surface area contributed by atoms with Crippen LogP contribution >= 0.6 is 0 Å². The van der Waals surface area contributed by atoms with Crippen LogP contribution in [0.5, 0.6) is 0 Å². The molecule has 0 aliphatic carbocycles. The minimum atomic E-state index is -1.25. The summed E-state index contributed by atoms with van der Waals surface area (Å²) >= 11 is 0. The Bertz CT molecular complexity index is 193. The summed E-state index contributed by atoms with van der Waals surface area (Å²) in [5.74, 6) is -1.25. The van der Waals surface area contributed by atoms with E-state index in [-0.39, 0.29) is 29.6 Å². The summed E-state index contributed by atoms with van der Waals surface area (Å²) in [5.41, 5.74) is 0. The molecule has 0 rings (SSSR count). The summed E-state index contributed by atoms with van der Waals surface area (Å²) in [6.45, 7) is 2.18. The molecule has 4 heteroatoms. The first-order chi connectivity index (χ1) is 7.16. The van der Waals surface area contributed by atoms with Gasteiger partial charge in [0.25, 0.3) is 0 Å². The monoisotopic (exact) mass is 236 g/mol. The van der Waals surface area contributed by atoms with Gasteiger partial charge in [-0.3, -0.25) is 0 Å². The maximum absolute atomic E-state index is 10.0. The summed E-state index contributed by atoms with van der Waals surface area (Å²) in [4.78, 5) is 10.0. The van der Waals surface area contributed by atoms with Gasteiger partial charge in [0.2, 0.25) is 0 Å². The van der Waals surface area contributed by atoms with E-state index in [4.69, 9.17) is 0 Å². The molecule has 1 unspecified atom stereocenters. The van der Waals surface area contributed by atoms with Crippen molar-refractivity contribution >= 4 is 5.97 Å². The van der Waals surface area contributed by atoms with Crippen molar-refractivity contribution in [1.29, 1.82) is 0 Å². The molecule has 0 spiro atoms. The molecule has 0 bridgehead atoms. The molecule has 0 aromatic rings. The van der Waals surface area contributed by atoms with Gasteiger partial charge in [0, 0.05) is 0 Å². The zero-order valence-corrected chi connectivity index (χ0v) is 12.4. The molecular weight excluding hydrogens is 215 g/mol. The van der Waals surface area contributed by atoms with Gasteiger partial charge in [-0.15, -0.1) is 0 Å². The molecule has 3 nitrogen and oxygen atoms in total. The van der Waals surface area contributed by atoms with E-state index in [0.717, 1.165) is 18.9 Å². The van der Waals surface area contributed by atoms with Gasteiger partial charge in [0.15, 0.2) is 0 Å². The zero-order valence-electron chi connectivity index (χ0n) is 10.4. The van der Waals surface area contributed by atoms with E-state index >= 15 is 0 Å². The molecule has 0 aliphatic rings. The number of carboxylic acids is 1. The molecule has 16 heavy (non-hydrogen) atoms. The van der Waals surface area contributed by atoms with Crippen LogP contribution < -0.4 is 34.7 Å². The number of aliphatic hydroxyl groups excluding tert-OH is 1. The van der Waals surface area contributed by atoms with Crippen molar-refractivity contribution < 1.29 is 44.6 Å². The van der Waals surface area contributed by atoms with Crippen LogP contribution in [0.15, 0.2) is 12.2 Å². The van der Waals surface area contributed by atoms with Gasteiger partial charge < -0.3 is 15.0 Å². The van der Waals surface area contributed by atoms with E-state index in [0.29, 0.717) is 6.42 Å². The fourth-order valence-corrected chi connectivity index (χ4v) is 1.42. The molecule has 0 amide bonds. The Hall–Kier alpha value is 0.170. The molecule has 0 saturated heterocycles. The van der Waals surface area contributed by atoms with Crippen LogP contribution in [0.3, 0.4) is 0 Å². The van der Waals surface area contributed by atoms with Crippen LogP contribution in [0.1, 0.15) is 51.9 Å². The van der Waals surface area contributed by atoms with E-state index in [1.165, 1.54) is 31.8 Å². The average molecular weight is 236 g/mol. The third-order valence-corrected chi connectivity index (χ3v) is 2.31. The maximum atomic E-state index is 10.0. The SMILES string of the molecule is CCCCCCCCC(O)C=CC(=O)[O-].[Na+]. The van der Waals surface area contributed by atoms with Crippen LogP contribution in [0, 0.1) is 0 Å². The van der Waals surface area contributed by atoms with E-state index in [1.807, 2.05) is 0 Å². The Morgan fingerprint density at radius 1 is 1.25 bits per heavy atom. The minimum Gasteiger partial charge on any atom is -0.545 e. The first-order valence-electron chi connectivity index (χ1n) is 5.74. The number of aliphatic hydroxyl groups is 1. The molecule has 0 heterocycles. The number of carbonyl (C=O) groups is 1. The van der Waals surface area contributed by atoms with Gasteiger partial charge in [-0.25, -0.2) is 0 Å². The first-order valence-corrected chi connectivity index (χ1v) is 5.74. The summed E-state index contributed by atoms with van der Waals surface area (Å²) in [6, 6.07) is 0. The Morgan fingerprint density at radius 2 is 1.81 bits per heavy atom. The molecule has 0 saturated carbocycles. The molecule has 0 radical (unpaired) electrons. The average Bonchev–Trinajstić information content (AvgIpc) is 2.20. The van der Waals surface area contributed by atoms with Crippen LogP contribution in [-0.4, -0.2) is 17.2 Å². The van der Waals surface area contributed by atoms with Crippen molar-refractivity contribution in [3.63, 3.8) is 0 Å². The van der Waals surface area contributed by atoms with Gasteiger partial charge in [-0.2, -0.15) is 0 Å². The van der Waals surface area contributed by atoms with Crippen molar-refractivity contribution in [1.82, 2.24) is 0 Å². The largest absolute Gasteiger partial charge is 1.00 e. The quantitative estimate of drug-likeness (QED) is 0.298. The molecule has 88 valence electrons. The van der Waals surface area contributed by atoms with Crippen molar-refractivity contribution in [2.75, 3.05) is 0 Å². The van der Waals surface area contributed by atoms with Gasteiger partial charge in [-0.05, 0) is 12.5 Å². The van der Waals surface area contributed by atoms with Crippen molar-refractivity contribution in [2.45, 2.75) is 58.0 Å². The van der Waals surface area contributed by atoms with Gasteiger partial charge >= 0.3 is 29.6 Å². The number of unbranched alkanes of at least 4 members (excludes halogenated alkanes) is 5. The predicted octanol–water partition coefficient (Wildman–Crippen LogP) is -1.59. The van der Waals surface area contributed by atoms with Crippen molar-refractivity contribution in [3.05, 3.63) is 12.2 Å². The smallest absolute Gasteiger partial charge is 0.545 e. The topological polar surface area (TPSA) is 60.4 Å². The molecule has 0 fully saturated rings. The summed E-state index contributed by atoms with van der Waals surface area (Å²) in [6.07, 6.45) is 9.17. The van der Waals surface area contributed by atoms with Gasteiger partial charge in [0.1, 0.15) is 0 Å². The fourth-order valence-electron chi connectivity index (χ4n) is 1.42. The summed E-state index contributed by atoms with van der Waals surface area (Å²) in [7, 11) is 0. The molecular formula is C12H21NaO3. The maximum Gasteiger partial charge on any atom is 1.00 e. The van der Waals surface area contributed by atoms with E-state index < -0.39 is 12.1 Å². The number of hydrogen-bond acceptors (Lipinski definition) is 3. The van der Waals surface area contributed by atoms with Crippen molar-refractivity contribution in [3.8, 4) is 0 Å². The molecule has 1 N–H and O–H groups in total. The second kappa shape index (κ2) is 13.2. The van der Waals surface area contributed by atoms with E-state index in [2.05, 4.69) is 6.92 Å². The van der Waals surface area contributed by atoms with E-state index in [1.54, 1.807) is 0 Å². The normalized spacial score (nSPS) is 12.4. The number of rotatable bonds is 9. The number of carboxylic acid groups (broad SMARTS) is 1. The molecule has 0 aromatic carbocycles. The summed E-state index contributed by atoms with van der Waals surface area (Å²) < 4.78 is 0. The number of hydrogen-bond donors (Lipinski definition) is 1. The minimum absolute atomic E-state index is 0. The molecule has 1 atom stereocenters. The second-order valence-corrected chi connectivity index (χ2v) is 3.80. The van der Waals surface area contributed by atoms with Gasteiger partial charge in [-0.1, -0.05) is 51.5 Å². The number of aliphatic carboxylic acids is 1. The molecule has 0 aromatic heterocycles. The Kier molecular flexibility index (Phi) is 15.3. The predicted molar refractivity (Wildman–Crippen MR) is 58.1 cm³/mol. The first kappa shape index (κ1) is 18.5. The molecule has 0 aliphatic heterocycles. The third-order valence-electron chi connectivity index (χ3n) is 2.31. The number of carbonyl (C=O) groups excluding carboxylic acids is 1. The fraction of sp³-hybridized carbons (Fsp3) is 0.750. The second-order valence-electron chi connectivity index (χ2n) is 3.80. The Morgan fingerprint density at radius 3 is 2.38 bits per heavy atom. The summed E-state index contributed by atoms with van der Waals surface area (Å²) in [5, 5.41) is 19.4. The van der Waals surface area contributed by atoms with Crippen molar-refractivity contribution in [2.24, 2.45) is 0 Å². The Balaban J connectivity index is 0. The van der Waals surface area contributed by atoms with E-state index in [9.17, 15) is 15.0 Å². The Labute approximate surface area is 120 Å². The van der Waals surface area contributed by atoms with Crippen LogP contribution in [0.4, 0.5) is 0 Å². The van der Waals surface area contributed by atoms with Gasteiger partial charge in [0.05, 0.1) is 12.1 Å². The third kappa shape index (κ3) is 14.2. The van der Waals surface area contributed by atoms with Crippen LogP contribution in [0.2, 0.25) is 0 Å². The van der Waals surface area contributed by atoms with Crippen LogP contribution in [-0.2, 0) is 4.79 Å². The zero-order chi connectivity index (χ0) is 11.5.